The standard InChI is InChI=1S/C15H28N2O.ClH/c1-10(2)13-5-3-4-6-14(13)17-15(18)11-7-8-12(16)9-11;/h10-14H,3-9,16H2,1-2H3,(H,17,18);1H. The Kier molecular flexibility index (Phi) is 6.61. The lowest BCUT2D eigenvalue weighted by Gasteiger charge is -2.35. The molecule has 2 rings (SSSR count). The summed E-state index contributed by atoms with van der Waals surface area (Å²) in [6.45, 7) is 4.56. The molecule has 0 heterocycles. The fraction of sp³-hybridized carbons (Fsp3) is 0.933. The highest BCUT2D eigenvalue weighted by Crippen LogP contribution is 2.31. The van der Waals surface area contributed by atoms with Gasteiger partial charge in [0.25, 0.3) is 0 Å². The third kappa shape index (κ3) is 4.35. The summed E-state index contributed by atoms with van der Waals surface area (Å²) in [5.41, 5.74) is 5.89. The maximum absolute atomic E-state index is 12.3. The molecule has 3 nitrogen and oxygen atoms in total. The Morgan fingerprint density at radius 3 is 2.42 bits per heavy atom. The maximum atomic E-state index is 12.3. The lowest BCUT2D eigenvalue weighted by molar-refractivity contribution is -0.126. The molecule has 4 unspecified atom stereocenters. The number of nitrogens with one attached hydrogen (secondary N) is 1. The highest BCUT2D eigenvalue weighted by Gasteiger charge is 2.33. The van der Waals surface area contributed by atoms with E-state index in [4.69, 9.17) is 5.73 Å². The van der Waals surface area contributed by atoms with Crippen molar-refractivity contribution in [2.24, 2.45) is 23.5 Å². The minimum atomic E-state index is 0. The molecular formula is C15H29ClN2O. The van der Waals surface area contributed by atoms with Gasteiger partial charge in [0, 0.05) is 18.0 Å². The third-order valence-corrected chi connectivity index (χ3v) is 4.85. The summed E-state index contributed by atoms with van der Waals surface area (Å²) in [6.07, 6.45) is 7.88. The zero-order valence-corrected chi connectivity index (χ0v) is 13.0. The smallest absolute Gasteiger partial charge is 0.223 e. The van der Waals surface area contributed by atoms with Crippen LogP contribution in [0, 0.1) is 17.8 Å². The molecule has 1 amide bonds. The highest BCUT2D eigenvalue weighted by atomic mass is 35.5. The van der Waals surface area contributed by atoms with Crippen molar-refractivity contribution in [3.8, 4) is 0 Å². The molecule has 2 saturated carbocycles. The van der Waals surface area contributed by atoms with Gasteiger partial charge in [-0.1, -0.05) is 26.7 Å². The predicted molar refractivity (Wildman–Crippen MR) is 81.3 cm³/mol. The average Bonchev–Trinajstić information content (AvgIpc) is 2.76. The van der Waals surface area contributed by atoms with Crippen molar-refractivity contribution in [3.63, 3.8) is 0 Å². The molecule has 0 aromatic carbocycles. The lowest BCUT2D eigenvalue weighted by atomic mass is 9.77. The summed E-state index contributed by atoms with van der Waals surface area (Å²) in [5, 5.41) is 3.32. The summed E-state index contributed by atoms with van der Waals surface area (Å²) < 4.78 is 0. The maximum Gasteiger partial charge on any atom is 0.223 e. The second-order valence-electron chi connectivity index (χ2n) is 6.58. The first-order chi connectivity index (χ1) is 8.58. The third-order valence-electron chi connectivity index (χ3n) is 4.85. The molecule has 2 fully saturated rings. The van der Waals surface area contributed by atoms with E-state index in [-0.39, 0.29) is 30.3 Å². The minimum Gasteiger partial charge on any atom is -0.353 e. The Labute approximate surface area is 123 Å². The van der Waals surface area contributed by atoms with E-state index in [1.807, 2.05) is 0 Å². The number of halogens is 1. The van der Waals surface area contributed by atoms with Gasteiger partial charge < -0.3 is 11.1 Å². The highest BCUT2D eigenvalue weighted by molar-refractivity contribution is 5.85. The van der Waals surface area contributed by atoms with Crippen LogP contribution >= 0.6 is 12.4 Å². The SMILES string of the molecule is CC(C)C1CCCCC1NC(=O)C1CCC(N)C1.Cl. The number of nitrogens with two attached hydrogens (primary N) is 1. The Hall–Kier alpha value is -0.280. The van der Waals surface area contributed by atoms with Gasteiger partial charge >= 0.3 is 0 Å². The van der Waals surface area contributed by atoms with Crippen LogP contribution in [0.2, 0.25) is 0 Å². The van der Waals surface area contributed by atoms with E-state index in [0.717, 1.165) is 25.7 Å². The molecule has 4 atom stereocenters. The van der Waals surface area contributed by atoms with Crippen molar-refractivity contribution in [1.82, 2.24) is 5.32 Å². The largest absolute Gasteiger partial charge is 0.353 e. The van der Waals surface area contributed by atoms with Crippen LogP contribution in [0.15, 0.2) is 0 Å². The lowest BCUT2D eigenvalue weighted by Crippen LogP contribution is -2.46. The second kappa shape index (κ2) is 7.49. The Morgan fingerprint density at radius 1 is 1.16 bits per heavy atom. The van der Waals surface area contributed by atoms with Crippen LogP contribution in [0.3, 0.4) is 0 Å². The number of amides is 1. The first-order valence-corrected chi connectivity index (χ1v) is 7.64. The van der Waals surface area contributed by atoms with Crippen LogP contribution in [0.25, 0.3) is 0 Å². The molecule has 19 heavy (non-hydrogen) atoms. The molecule has 3 N–H and O–H groups in total. The van der Waals surface area contributed by atoms with Gasteiger partial charge in [-0.3, -0.25) is 4.79 Å². The molecule has 112 valence electrons. The van der Waals surface area contributed by atoms with Crippen LogP contribution < -0.4 is 11.1 Å². The van der Waals surface area contributed by atoms with E-state index in [0.29, 0.717) is 17.9 Å². The normalized spacial score (nSPS) is 34.9. The summed E-state index contributed by atoms with van der Waals surface area (Å²) in [4.78, 5) is 12.3. The summed E-state index contributed by atoms with van der Waals surface area (Å²) >= 11 is 0. The average molecular weight is 289 g/mol. The molecule has 4 heteroatoms. The molecule has 0 bridgehead atoms. The topological polar surface area (TPSA) is 55.1 Å². The van der Waals surface area contributed by atoms with Crippen molar-refractivity contribution >= 4 is 18.3 Å². The molecule has 2 aliphatic rings. The van der Waals surface area contributed by atoms with E-state index >= 15 is 0 Å². The van der Waals surface area contributed by atoms with Gasteiger partial charge in [-0.2, -0.15) is 0 Å². The van der Waals surface area contributed by atoms with E-state index in [1.165, 1.54) is 19.3 Å². The Morgan fingerprint density at radius 2 is 1.84 bits per heavy atom. The Balaban J connectivity index is 0.00000180. The number of hydrogen-bond acceptors (Lipinski definition) is 2. The van der Waals surface area contributed by atoms with Gasteiger partial charge in [-0.15, -0.1) is 12.4 Å². The quantitative estimate of drug-likeness (QED) is 0.839. The van der Waals surface area contributed by atoms with Crippen LogP contribution in [-0.4, -0.2) is 18.0 Å². The van der Waals surface area contributed by atoms with Gasteiger partial charge in [0.05, 0.1) is 0 Å². The zero-order chi connectivity index (χ0) is 13.1. The van der Waals surface area contributed by atoms with Crippen molar-refractivity contribution in [2.75, 3.05) is 0 Å². The fourth-order valence-corrected chi connectivity index (χ4v) is 3.69. The fourth-order valence-electron chi connectivity index (χ4n) is 3.69. The molecule has 0 aliphatic heterocycles. The minimum absolute atomic E-state index is 0. The number of carbonyl (C=O) groups excluding carboxylic acids is 1. The number of carbonyl (C=O) groups is 1. The Bertz CT molecular complexity index is 296. The predicted octanol–water partition coefficient (Wildman–Crippen LogP) is 2.87. The molecule has 0 aromatic rings. The summed E-state index contributed by atoms with van der Waals surface area (Å²) in [5.74, 6) is 1.77. The van der Waals surface area contributed by atoms with E-state index in [1.54, 1.807) is 0 Å². The van der Waals surface area contributed by atoms with Crippen molar-refractivity contribution in [2.45, 2.75) is 70.9 Å². The van der Waals surface area contributed by atoms with Crippen molar-refractivity contribution in [1.29, 1.82) is 0 Å². The van der Waals surface area contributed by atoms with Gasteiger partial charge in [0.15, 0.2) is 0 Å². The summed E-state index contributed by atoms with van der Waals surface area (Å²) in [7, 11) is 0. The van der Waals surface area contributed by atoms with Crippen molar-refractivity contribution < 1.29 is 4.79 Å². The van der Waals surface area contributed by atoms with Gasteiger partial charge in [0.2, 0.25) is 5.91 Å². The van der Waals surface area contributed by atoms with E-state index in [2.05, 4.69) is 19.2 Å². The van der Waals surface area contributed by atoms with Crippen LogP contribution in [0.4, 0.5) is 0 Å². The van der Waals surface area contributed by atoms with Crippen molar-refractivity contribution in [3.05, 3.63) is 0 Å². The molecule has 0 spiro atoms. The molecule has 0 saturated heterocycles. The zero-order valence-electron chi connectivity index (χ0n) is 12.2. The van der Waals surface area contributed by atoms with Gasteiger partial charge in [-0.25, -0.2) is 0 Å². The molecule has 0 aromatic heterocycles. The van der Waals surface area contributed by atoms with Crippen LogP contribution in [0.1, 0.15) is 58.8 Å². The van der Waals surface area contributed by atoms with E-state index in [9.17, 15) is 4.79 Å². The van der Waals surface area contributed by atoms with Crippen LogP contribution in [0.5, 0.6) is 0 Å². The monoisotopic (exact) mass is 288 g/mol. The van der Waals surface area contributed by atoms with Gasteiger partial charge in [-0.05, 0) is 43.9 Å². The number of rotatable bonds is 3. The van der Waals surface area contributed by atoms with Gasteiger partial charge in [0.1, 0.15) is 0 Å². The molecular weight excluding hydrogens is 260 g/mol. The number of hydrogen-bond donors (Lipinski definition) is 2. The van der Waals surface area contributed by atoms with Crippen LogP contribution in [-0.2, 0) is 4.79 Å². The molecule has 0 radical (unpaired) electrons. The van der Waals surface area contributed by atoms with E-state index < -0.39 is 0 Å². The first-order valence-electron chi connectivity index (χ1n) is 7.64. The second-order valence-corrected chi connectivity index (χ2v) is 6.58. The molecule has 2 aliphatic carbocycles. The summed E-state index contributed by atoms with van der Waals surface area (Å²) in [6, 6.07) is 0.649. The first kappa shape index (κ1) is 16.8.